The zero-order chi connectivity index (χ0) is 10.0. The highest BCUT2D eigenvalue weighted by Gasteiger charge is 2.11. The third-order valence-electron chi connectivity index (χ3n) is 1.39. The van der Waals surface area contributed by atoms with Crippen LogP contribution >= 0.6 is 0 Å². The number of ether oxygens (including phenoxy) is 3. The first-order chi connectivity index (χ1) is 5.54. The highest BCUT2D eigenvalue weighted by Crippen LogP contribution is 2.05. The molecule has 3 heteroatoms. The third-order valence-corrected chi connectivity index (χ3v) is 1.39. The van der Waals surface area contributed by atoms with Gasteiger partial charge in [0, 0.05) is 27.9 Å². The number of methoxy groups -OCH3 is 3. The lowest BCUT2D eigenvalue weighted by Gasteiger charge is -2.19. The van der Waals surface area contributed by atoms with E-state index < -0.39 is 5.79 Å². The summed E-state index contributed by atoms with van der Waals surface area (Å²) in [6.07, 6.45) is 1.12. The summed E-state index contributed by atoms with van der Waals surface area (Å²) >= 11 is 0. The normalized spacial score (nSPS) is 10.5. The first-order valence-electron chi connectivity index (χ1n) is 4.13. The minimum Gasteiger partial charge on any atom is -0.385 e. The lowest BCUT2D eigenvalue weighted by atomic mass is 10.4. The van der Waals surface area contributed by atoms with E-state index in [1.807, 2.05) is 13.8 Å². The van der Waals surface area contributed by atoms with E-state index in [1.54, 1.807) is 21.3 Å². The van der Waals surface area contributed by atoms with Crippen LogP contribution in [0, 0.1) is 0 Å². The summed E-state index contributed by atoms with van der Waals surface area (Å²) in [6, 6.07) is 0. The molecule has 0 aliphatic heterocycles. The Bertz CT molecular complexity index is 73.8. The van der Waals surface area contributed by atoms with Gasteiger partial charge < -0.3 is 14.2 Å². The lowest BCUT2D eigenvalue weighted by Crippen LogP contribution is -2.24. The van der Waals surface area contributed by atoms with Crippen molar-refractivity contribution in [2.45, 2.75) is 33.0 Å². The maximum Gasteiger partial charge on any atom is 0.161 e. The number of hydrogen-bond acceptors (Lipinski definition) is 3. The van der Waals surface area contributed by atoms with Crippen LogP contribution in [0.15, 0.2) is 0 Å². The molecule has 0 aliphatic rings. The van der Waals surface area contributed by atoms with Crippen molar-refractivity contribution in [3.63, 3.8) is 0 Å². The molecule has 0 aliphatic carbocycles. The Morgan fingerprint density at radius 1 is 1.00 bits per heavy atom. The molecular formula is C9H22O3. The fraction of sp³-hybridized carbons (Fsp3) is 1.00. The van der Waals surface area contributed by atoms with Gasteiger partial charge in [0.05, 0.1) is 0 Å². The molecule has 0 saturated carbocycles. The second-order valence-electron chi connectivity index (χ2n) is 2.80. The highest BCUT2D eigenvalue weighted by atomic mass is 16.7. The van der Waals surface area contributed by atoms with Crippen LogP contribution in [0.5, 0.6) is 0 Å². The van der Waals surface area contributed by atoms with Gasteiger partial charge in [0.1, 0.15) is 0 Å². The standard InChI is InChI=1S/C5H12O2.C4H10O/c1-5(2,6-3)7-4;1-3-4-5-2/h1-4H3;3-4H2,1-2H3. The van der Waals surface area contributed by atoms with Crippen molar-refractivity contribution in [1.82, 2.24) is 0 Å². The largest absolute Gasteiger partial charge is 0.385 e. The Hall–Kier alpha value is -0.120. The van der Waals surface area contributed by atoms with Crippen LogP contribution in [0.4, 0.5) is 0 Å². The Morgan fingerprint density at radius 2 is 1.42 bits per heavy atom. The van der Waals surface area contributed by atoms with Gasteiger partial charge in [0.2, 0.25) is 0 Å². The summed E-state index contributed by atoms with van der Waals surface area (Å²) < 4.78 is 14.4. The molecule has 3 nitrogen and oxygen atoms in total. The fourth-order valence-electron chi connectivity index (χ4n) is 0.287. The maximum absolute atomic E-state index is 4.86. The van der Waals surface area contributed by atoms with Crippen molar-refractivity contribution in [2.75, 3.05) is 27.9 Å². The number of rotatable bonds is 4. The average molecular weight is 178 g/mol. The van der Waals surface area contributed by atoms with Gasteiger partial charge in [0.25, 0.3) is 0 Å². The van der Waals surface area contributed by atoms with Gasteiger partial charge in [-0.05, 0) is 20.3 Å². The van der Waals surface area contributed by atoms with Crippen molar-refractivity contribution in [1.29, 1.82) is 0 Å². The molecule has 0 aromatic heterocycles. The molecule has 0 atom stereocenters. The Morgan fingerprint density at radius 3 is 1.42 bits per heavy atom. The Kier molecular flexibility index (Phi) is 10.8. The van der Waals surface area contributed by atoms with E-state index in [9.17, 15) is 0 Å². The van der Waals surface area contributed by atoms with Crippen LogP contribution in [0.2, 0.25) is 0 Å². The van der Waals surface area contributed by atoms with Gasteiger partial charge in [-0.2, -0.15) is 0 Å². The summed E-state index contributed by atoms with van der Waals surface area (Å²) in [7, 11) is 4.94. The fourth-order valence-corrected chi connectivity index (χ4v) is 0.287. The molecule has 0 rings (SSSR count). The van der Waals surface area contributed by atoms with Crippen molar-refractivity contribution in [2.24, 2.45) is 0 Å². The summed E-state index contributed by atoms with van der Waals surface area (Å²) in [5.41, 5.74) is 0. The molecule has 0 radical (unpaired) electrons. The summed E-state index contributed by atoms with van der Waals surface area (Å²) in [5, 5.41) is 0. The van der Waals surface area contributed by atoms with E-state index >= 15 is 0 Å². The molecule has 0 heterocycles. The lowest BCUT2D eigenvalue weighted by molar-refractivity contribution is -0.178. The molecule has 76 valence electrons. The van der Waals surface area contributed by atoms with E-state index in [0.717, 1.165) is 13.0 Å². The van der Waals surface area contributed by atoms with Gasteiger partial charge in [-0.1, -0.05) is 6.92 Å². The van der Waals surface area contributed by atoms with E-state index in [0.29, 0.717) is 0 Å². The molecule has 0 bridgehead atoms. The minimum atomic E-state index is -0.417. The predicted octanol–water partition coefficient (Wildman–Crippen LogP) is 2.06. The monoisotopic (exact) mass is 178 g/mol. The molecule has 0 aromatic rings. The van der Waals surface area contributed by atoms with Crippen LogP contribution in [-0.2, 0) is 14.2 Å². The van der Waals surface area contributed by atoms with Crippen LogP contribution in [0.25, 0.3) is 0 Å². The molecule has 0 amide bonds. The van der Waals surface area contributed by atoms with Gasteiger partial charge in [-0.3, -0.25) is 0 Å². The Labute approximate surface area is 76.0 Å². The highest BCUT2D eigenvalue weighted by molar-refractivity contribution is 4.47. The van der Waals surface area contributed by atoms with Crippen molar-refractivity contribution in [3.8, 4) is 0 Å². The summed E-state index contributed by atoms with van der Waals surface area (Å²) in [4.78, 5) is 0. The molecule has 12 heavy (non-hydrogen) atoms. The summed E-state index contributed by atoms with van der Waals surface area (Å²) in [5.74, 6) is -0.417. The van der Waals surface area contributed by atoms with Crippen LogP contribution < -0.4 is 0 Å². The maximum atomic E-state index is 4.86. The van der Waals surface area contributed by atoms with Crippen molar-refractivity contribution < 1.29 is 14.2 Å². The molecule has 0 spiro atoms. The van der Waals surface area contributed by atoms with Crippen LogP contribution in [-0.4, -0.2) is 33.7 Å². The second kappa shape index (κ2) is 8.97. The SMILES string of the molecule is CCCOC.COC(C)(C)OC. The average Bonchev–Trinajstić information content (AvgIpc) is 2.07. The van der Waals surface area contributed by atoms with E-state index in [1.165, 1.54) is 0 Å². The first kappa shape index (κ1) is 14.4. The zero-order valence-corrected chi connectivity index (χ0v) is 9.14. The molecule has 0 fully saturated rings. The van der Waals surface area contributed by atoms with Crippen molar-refractivity contribution >= 4 is 0 Å². The topological polar surface area (TPSA) is 27.7 Å². The van der Waals surface area contributed by atoms with E-state index in [2.05, 4.69) is 6.92 Å². The van der Waals surface area contributed by atoms with E-state index in [-0.39, 0.29) is 0 Å². The molecule has 0 aromatic carbocycles. The third kappa shape index (κ3) is 12.5. The van der Waals surface area contributed by atoms with Crippen molar-refractivity contribution in [3.05, 3.63) is 0 Å². The Balaban J connectivity index is 0. The molecule has 0 unspecified atom stereocenters. The molecular weight excluding hydrogens is 156 g/mol. The summed E-state index contributed by atoms with van der Waals surface area (Å²) in [6.45, 7) is 6.68. The van der Waals surface area contributed by atoms with Gasteiger partial charge in [-0.15, -0.1) is 0 Å². The van der Waals surface area contributed by atoms with Gasteiger partial charge >= 0.3 is 0 Å². The first-order valence-corrected chi connectivity index (χ1v) is 4.13. The van der Waals surface area contributed by atoms with Gasteiger partial charge in [0.15, 0.2) is 5.79 Å². The quantitative estimate of drug-likeness (QED) is 0.617. The van der Waals surface area contributed by atoms with E-state index in [4.69, 9.17) is 14.2 Å². The predicted molar refractivity (Wildman–Crippen MR) is 50.3 cm³/mol. The van der Waals surface area contributed by atoms with Crippen LogP contribution in [0.1, 0.15) is 27.2 Å². The van der Waals surface area contributed by atoms with Gasteiger partial charge in [-0.25, -0.2) is 0 Å². The number of hydrogen-bond donors (Lipinski definition) is 0. The minimum absolute atomic E-state index is 0.417. The molecule has 0 saturated heterocycles. The smallest absolute Gasteiger partial charge is 0.161 e. The molecule has 0 N–H and O–H groups in total. The van der Waals surface area contributed by atoms with Crippen LogP contribution in [0.3, 0.4) is 0 Å². The zero-order valence-electron chi connectivity index (χ0n) is 9.14. The second-order valence-corrected chi connectivity index (χ2v) is 2.80.